The number of anilines is 1. The van der Waals surface area contributed by atoms with Crippen molar-refractivity contribution in [3.63, 3.8) is 0 Å². The molecule has 1 aliphatic carbocycles. The fourth-order valence-corrected chi connectivity index (χ4v) is 5.91. The van der Waals surface area contributed by atoms with E-state index in [4.69, 9.17) is 23.2 Å². The Hall–Kier alpha value is -2.37. The summed E-state index contributed by atoms with van der Waals surface area (Å²) in [6.45, 7) is 13.7. The molecule has 0 saturated heterocycles. The van der Waals surface area contributed by atoms with Gasteiger partial charge < -0.3 is 5.32 Å². The van der Waals surface area contributed by atoms with E-state index in [9.17, 15) is 0 Å². The molecule has 1 aromatic heterocycles. The Bertz CT molecular complexity index is 1210. The van der Waals surface area contributed by atoms with Gasteiger partial charge in [0.2, 0.25) is 0 Å². The number of nitrogens with one attached hydrogen (secondary N) is 1. The van der Waals surface area contributed by atoms with Crippen LogP contribution < -0.4 is 5.32 Å². The summed E-state index contributed by atoms with van der Waals surface area (Å²) in [6, 6.07) is 15.9. The maximum atomic E-state index is 6.48. The summed E-state index contributed by atoms with van der Waals surface area (Å²) >= 11 is 12.6. The Balaban J connectivity index is 1.75. The molecule has 1 atom stereocenters. The summed E-state index contributed by atoms with van der Waals surface area (Å²) in [5.41, 5.74) is 1.77. The van der Waals surface area contributed by atoms with E-state index in [0.717, 1.165) is 42.8 Å². The molecule has 0 aliphatic heterocycles. The van der Waals surface area contributed by atoms with Gasteiger partial charge in [0.25, 0.3) is 0 Å². The first-order valence-corrected chi connectivity index (χ1v) is 13.9. The monoisotopic (exact) mass is 539 g/mol. The third-order valence-corrected chi connectivity index (χ3v) is 8.28. The molecule has 1 heterocycles. The Morgan fingerprint density at radius 3 is 2.27 bits per heavy atom. The van der Waals surface area contributed by atoms with E-state index in [0.29, 0.717) is 16.0 Å². The fraction of sp³-hybridized carbons (Fsp3) is 0.500. The van der Waals surface area contributed by atoms with Crippen LogP contribution in [0.3, 0.4) is 0 Å². The minimum absolute atomic E-state index is 0.0842. The number of halogens is 2. The van der Waals surface area contributed by atoms with Gasteiger partial charge in [-0.15, -0.1) is 5.10 Å². The summed E-state index contributed by atoms with van der Waals surface area (Å²) in [4.78, 5) is 0. The zero-order valence-corrected chi connectivity index (χ0v) is 24.3. The minimum atomic E-state index is -0.359. The van der Waals surface area contributed by atoms with Gasteiger partial charge in [-0.3, -0.25) is 0 Å². The average Bonchev–Trinajstić information content (AvgIpc) is 3.30. The van der Waals surface area contributed by atoms with Crippen LogP contribution in [0.25, 0.3) is 6.08 Å². The molecule has 2 aromatic carbocycles. The molecule has 3 aromatic rings. The summed E-state index contributed by atoms with van der Waals surface area (Å²) in [5.74, 6) is 1.54. The van der Waals surface area contributed by atoms with Gasteiger partial charge in [0, 0.05) is 15.7 Å². The predicted octanol–water partition coefficient (Wildman–Crippen LogP) is 8.82. The van der Waals surface area contributed by atoms with Crippen LogP contribution in [-0.4, -0.2) is 20.2 Å². The topological polar surface area (TPSA) is 55.6 Å². The molecule has 4 rings (SSSR count). The number of aromatic nitrogens is 4. The van der Waals surface area contributed by atoms with Crippen LogP contribution in [0, 0.1) is 16.7 Å². The average molecular weight is 541 g/mol. The molecular weight excluding hydrogens is 501 g/mol. The molecule has 0 bridgehead atoms. The standard InChI is InChI=1S/C30H39Cl2N5/c1-28(2,3)22-16-18-30(19-17-22,33-24-10-8-7-9-11-24)27-34-35-36-37(27)26(29(4,5)6)15-13-21-12-14-23(31)20-25(21)32/h7-15,20,22,26,33H,16-19H2,1-6H3/b15-13+. The number of allylic oxidation sites excluding steroid dienone is 1. The second kappa shape index (κ2) is 10.8. The lowest BCUT2D eigenvalue weighted by Crippen LogP contribution is -2.44. The van der Waals surface area contributed by atoms with Gasteiger partial charge in [-0.2, -0.15) is 0 Å². The smallest absolute Gasteiger partial charge is 0.177 e. The van der Waals surface area contributed by atoms with Crippen LogP contribution in [0.2, 0.25) is 10.0 Å². The van der Waals surface area contributed by atoms with Crippen molar-refractivity contribution in [2.75, 3.05) is 5.32 Å². The largest absolute Gasteiger partial charge is 0.373 e. The lowest BCUT2D eigenvalue weighted by molar-refractivity contribution is 0.133. The van der Waals surface area contributed by atoms with Crippen molar-refractivity contribution in [3.05, 3.63) is 76.0 Å². The Kier molecular flexibility index (Phi) is 8.06. The zero-order valence-electron chi connectivity index (χ0n) is 22.8. The van der Waals surface area contributed by atoms with Crippen molar-refractivity contribution < 1.29 is 0 Å². The molecule has 5 nitrogen and oxygen atoms in total. The first-order valence-electron chi connectivity index (χ1n) is 13.1. The Morgan fingerprint density at radius 2 is 1.68 bits per heavy atom. The van der Waals surface area contributed by atoms with E-state index in [1.54, 1.807) is 6.07 Å². The van der Waals surface area contributed by atoms with Crippen LogP contribution in [0.4, 0.5) is 5.69 Å². The number of hydrogen-bond donors (Lipinski definition) is 1. The van der Waals surface area contributed by atoms with Crippen LogP contribution in [0.15, 0.2) is 54.6 Å². The highest BCUT2D eigenvalue weighted by Gasteiger charge is 2.45. The number of hydrogen-bond acceptors (Lipinski definition) is 4. The summed E-state index contributed by atoms with van der Waals surface area (Å²) in [7, 11) is 0. The number of benzene rings is 2. The maximum Gasteiger partial charge on any atom is 0.177 e. The molecule has 7 heteroatoms. The van der Waals surface area contributed by atoms with Gasteiger partial charge >= 0.3 is 0 Å². The number of tetrazole rings is 1. The van der Waals surface area contributed by atoms with Crippen LogP contribution in [0.1, 0.15) is 84.7 Å². The predicted molar refractivity (Wildman–Crippen MR) is 155 cm³/mol. The van der Waals surface area contributed by atoms with E-state index in [1.807, 2.05) is 29.0 Å². The van der Waals surface area contributed by atoms with Gasteiger partial charge in [-0.1, -0.05) is 101 Å². The molecule has 1 fully saturated rings. The number of nitrogens with zero attached hydrogens (tertiary/aromatic N) is 4. The summed E-state index contributed by atoms with van der Waals surface area (Å²) < 4.78 is 2.02. The van der Waals surface area contributed by atoms with Crippen LogP contribution >= 0.6 is 23.2 Å². The molecule has 198 valence electrons. The van der Waals surface area contributed by atoms with E-state index < -0.39 is 0 Å². The molecule has 0 amide bonds. The third-order valence-electron chi connectivity index (χ3n) is 7.71. The highest BCUT2D eigenvalue weighted by Crippen LogP contribution is 2.47. The highest BCUT2D eigenvalue weighted by molar-refractivity contribution is 6.35. The molecular formula is C30H39Cl2N5. The van der Waals surface area contributed by atoms with E-state index in [-0.39, 0.29) is 22.4 Å². The van der Waals surface area contributed by atoms with Crippen molar-refractivity contribution in [2.24, 2.45) is 16.7 Å². The second-order valence-corrected chi connectivity index (χ2v) is 13.3. The Labute approximate surface area is 231 Å². The van der Waals surface area contributed by atoms with Gasteiger partial charge in [0.1, 0.15) is 0 Å². The van der Waals surface area contributed by atoms with E-state index in [2.05, 4.69) is 92.7 Å². The van der Waals surface area contributed by atoms with E-state index in [1.165, 1.54) is 0 Å². The van der Waals surface area contributed by atoms with Gasteiger partial charge in [0.15, 0.2) is 5.82 Å². The van der Waals surface area contributed by atoms with Crippen LogP contribution in [0.5, 0.6) is 0 Å². The first-order chi connectivity index (χ1) is 17.4. The highest BCUT2D eigenvalue weighted by atomic mass is 35.5. The fourth-order valence-electron chi connectivity index (χ4n) is 5.44. The zero-order chi connectivity index (χ0) is 26.8. The SMILES string of the molecule is CC(C)(C)C1CCC(Nc2ccccc2)(c2nnnn2C(/C=C/c2ccc(Cl)cc2Cl)C(C)(C)C)CC1. The van der Waals surface area contributed by atoms with Gasteiger partial charge in [-0.05, 0) is 82.7 Å². The van der Waals surface area contributed by atoms with Crippen molar-refractivity contribution in [1.29, 1.82) is 0 Å². The van der Waals surface area contributed by atoms with Crippen molar-refractivity contribution in [3.8, 4) is 0 Å². The van der Waals surface area contributed by atoms with Gasteiger partial charge in [0.05, 0.1) is 11.6 Å². The van der Waals surface area contributed by atoms with Crippen molar-refractivity contribution in [1.82, 2.24) is 20.2 Å². The lowest BCUT2D eigenvalue weighted by atomic mass is 9.67. The van der Waals surface area contributed by atoms with Gasteiger partial charge in [-0.25, -0.2) is 4.68 Å². The maximum absolute atomic E-state index is 6.48. The quantitative estimate of drug-likeness (QED) is 0.339. The molecule has 1 N–H and O–H groups in total. The molecule has 0 radical (unpaired) electrons. The molecule has 0 spiro atoms. The first kappa shape index (κ1) is 27.7. The molecule has 1 aliphatic rings. The van der Waals surface area contributed by atoms with E-state index >= 15 is 0 Å². The lowest BCUT2D eigenvalue weighted by Gasteiger charge is -2.45. The third kappa shape index (κ3) is 6.38. The van der Waals surface area contributed by atoms with Crippen molar-refractivity contribution >= 4 is 35.0 Å². The number of rotatable bonds is 6. The molecule has 37 heavy (non-hydrogen) atoms. The molecule has 1 saturated carbocycles. The normalized spacial score (nSPS) is 21.8. The molecule has 1 unspecified atom stereocenters. The summed E-state index contributed by atoms with van der Waals surface area (Å²) in [6.07, 6.45) is 8.38. The second-order valence-electron chi connectivity index (χ2n) is 12.5. The van der Waals surface area contributed by atoms with Crippen LogP contribution in [-0.2, 0) is 5.54 Å². The Morgan fingerprint density at radius 1 is 1.00 bits per heavy atom. The minimum Gasteiger partial charge on any atom is -0.373 e. The summed E-state index contributed by atoms with van der Waals surface area (Å²) in [5, 5.41) is 18.6. The van der Waals surface area contributed by atoms with Crippen molar-refractivity contribution in [2.45, 2.75) is 78.8 Å². The number of para-hydroxylation sites is 1.